The Bertz CT molecular complexity index is 324. The number of Topliss-reactive ketones (excluding diaryl/α,β-unsaturated/α-hetero) is 1. The molecular weight excluding hydrogens is 212 g/mol. The van der Waals surface area contributed by atoms with Gasteiger partial charge in [0.1, 0.15) is 0 Å². The summed E-state index contributed by atoms with van der Waals surface area (Å²) in [6.45, 7) is 2.22. The van der Waals surface area contributed by atoms with Gasteiger partial charge >= 0.3 is 0 Å². The fourth-order valence-corrected chi connectivity index (χ4v) is 2.08. The Morgan fingerprint density at radius 1 is 1.12 bits per heavy atom. The molecule has 0 saturated heterocycles. The van der Waals surface area contributed by atoms with E-state index >= 15 is 0 Å². The quantitative estimate of drug-likeness (QED) is 0.364. The third kappa shape index (κ3) is 5.12. The molecule has 94 valence electrons. The van der Waals surface area contributed by atoms with Crippen molar-refractivity contribution >= 4 is 12.1 Å². The van der Waals surface area contributed by atoms with Crippen LogP contribution in [0.1, 0.15) is 58.3 Å². The SMILES string of the molecule is CCCCCCCCC1=CC=C(C=O)C(=O)C1. The molecule has 0 heterocycles. The smallest absolute Gasteiger partial charge is 0.170 e. The molecule has 2 nitrogen and oxygen atoms in total. The summed E-state index contributed by atoms with van der Waals surface area (Å²) in [5.41, 5.74) is 1.49. The molecule has 0 amide bonds. The van der Waals surface area contributed by atoms with Crippen molar-refractivity contribution < 1.29 is 9.59 Å². The molecule has 0 spiro atoms. The predicted molar refractivity (Wildman–Crippen MR) is 69.8 cm³/mol. The second-order valence-corrected chi connectivity index (χ2v) is 4.68. The summed E-state index contributed by atoms with van der Waals surface area (Å²) in [7, 11) is 0. The van der Waals surface area contributed by atoms with Crippen LogP contribution in [0.5, 0.6) is 0 Å². The zero-order valence-corrected chi connectivity index (χ0v) is 10.7. The number of carbonyl (C=O) groups is 2. The average Bonchev–Trinajstić information content (AvgIpc) is 2.34. The first-order valence-electron chi connectivity index (χ1n) is 6.66. The molecule has 0 aliphatic heterocycles. The molecule has 0 N–H and O–H groups in total. The van der Waals surface area contributed by atoms with Crippen LogP contribution in [-0.2, 0) is 9.59 Å². The number of aldehydes is 1. The molecule has 0 aromatic heterocycles. The summed E-state index contributed by atoms with van der Waals surface area (Å²) >= 11 is 0. The fraction of sp³-hybridized carbons (Fsp3) is 0.600. The van der Waals surface area contributed by atoms with Gasteiger partial charge in [-0.05, 0) is 18.9 Å². The van der Waals surface area contributed by atoms with Gasteiger partial charge in [0.15, 0.2) is 12.1 Å². The van der Waals surface area contributed by atoms with Crippen LogP contribution in [0.25, 0.3) is 0 Å². The normalized spacial score (nSPS) is 15.5. The first-order valence-corrected chi connectivity index (χ1v) is 6.66. The van der Waals surface area contributed by atoms with Gasteiger partial charge in [0.2, 0.25) is 0 Å². The molecule has 0 fully saturated rings. The van der Waals surface area contributed by atoms with Crippen LogP contribution in [-0.4, -0.2) is 12.1 Å². The maximum Gasteiger partial charge on any atom is 0.170 e. The maximum absolute atomic E-state index is 11.5. The van der Waals surface area contributed by atoms with Crippen molar-refractivity contribution in [1.29, 1.82) is 0 Å². The van der Waals surface area contributed by atoms with Crippen molar-refractivity contribution in [2.45, 2.75) is 58.3 Å². The van der Waals surface area contributed by atoms with E-state index in [0.717, 1.165) is 12.8 Å². The average molecular weight is 234 g/mol. The first kappa shape index (κ1) is 13.9. The summed E-state index contributed by atoms with van der Waals surface area (Å²) in [5, 5.41) is 0. The van der Waals surface area contributed by atoms with E-state index < -0.39 is 0 Å². The number of hydrogen-bond donors (Lipinski definition) is 0. The van der Waals surface area contributed by atoms with Crippen molar-refractivity contribution in [3.05, 3.63) is 23.3 Å². The van der Waals surface area contributed by atoms with Gasteiger partial charge in [-0.1, -0.05) is 50.7 Å². The van der Waals surface area contributed by atoms with Crippen molar-refractivity contribution in [1.82, 2.24) is 0 Å². The highest BCUT2D eigenvalue weighted by molar-refractivity contribution is 6.13. The summed E-state index contributed by atoms with van der Waals surface area (Å²) in [6, 6.07) is 0. The van der Waals surface area contributed by atoms with Crippen molar-refractivity contribution in [2.75, 3.05) is 0 Å². The topological polar surface area (TPSA) is 34.1 Å². The van der Waals surface area contributed by atoms with E-state index in [1.165, 1.54) is 37.7 Å². The fourth-order valence-electron chi connectivity index (χ4n) is 2.08. The summed E-state index contributed by atoms with van der Waals surface area (Å²) in [6.07, 6.45) is 13.3. The predicted octanol–water partition coefficient (Wildman–Crippen LogP) is 3.76. The monoisotopic (exact) mass is 234 g/mol. The van der Waals surface area contributed by atoms with Crippen molar-refractivity contribution in [3.8, 4) is 0 Å². The standard InChI is InChI=1S/C15H22O2/c1-2-3-4-5-6-7-8-13-9-10-14(12-16)15(17)11-13/h9-10,12H,2-8,11H2,1H3. The highest BCUT2D eigenvalue weighted by Gasteiger charge is 2.14. The highest BCUT2D eigenvalue weighted by Crippen LogP contribution is 2.20. The van der Waals surface area contributed by atoms with Crippen LogP contribution in [0.15, 0.2) is 23.3 Å². The van der Waals surface area contributed by atoms with Gasteiger partial charge < -0.3 is 0 Å². The molecule has 0 aromatic carbocycles. The minimum Gasteiger partial charge on any atom is -0.298 e. The Hall–Kier alpha value is -1.18. The van der Waals surface area contributed by atoms with E-state index in [0.29, 0.717) is 18.3 Å². The largest absolute Gasteiger partial charge is 0.298 e. The van der Waals surface area contributed by atoms with E-state index in [-0.39, 0.29) is 5.78 Å². The third-order valence-electron chi connectivity index (χ3n) is 3.19. The first-order chi connectivity index (χ1) is 8.27. The summed E-state index contributed by atoms with van der Waals surface area (Å²) in [5.74, 6) is -0.0246. The van der Waals surface area contributed by atoms with Crippen molar-refractivity contribution in [2.24, 2.45) is 0 Å². The molecule has 0 aromatic rings. The second kappa shape index (κ2) is 7.99. The number of rotatable bonds is 8. The summed E-state index contributed by atoms with van der Waals surface area (Å²) in [4.78, 5) is 22.0. The summed E-state index contributed by atoms with van der Waals surface area (Å²) < 4.78 is 0. The van der Waals surface area contributed by atoms with Crippen molar-refractivity contribution in [3.63, 3.8) is 0 Å². The number of hydrogen-bond acceptors (Lipinski definition) is 2. The Labute approximate surface area is 104 Å². The number of allylic oxidation sites excluding steroid dienone is 4. The van der Waals surface area contributed by atoms with Crippen LogP contribution in [0.3, 0.4) is 0 Å². The highest BCUT2D eigenvalue weighted by atomic mass is 16.1. The molecule has 1 aliphatic rings. The van der Waals surface area contributed by atoms with E-state index in [2.05, 4.69) is 6.92 Å². The lowest BCUT2D eigenvalue weighted by atomic mass is 9.94. The molecule has 0 saturated carbocycles. The van der Waals surface area contributed by atoms with Crippen LogP contribution in [0, 0.1) is 0 Å². The zero-order chi connectivity index (χ0) is 12.5. The Balaban J connectivity index is 2.20. The lowest BCUT2D eigenvalue weighted by Gasteiger charge is -2.10. The van der Waals surface area contributed by atoms with E-state index in [1.807, 2.05) is 6.08 Å². The Morgan fingerprint density at radius 3 is 2.47 bits per heavy atom. The minimum atomic E-state index is -0.0246. The van der Waals surface area contributed by atoms with Gasteiger partial charge in [0.25, 0.3) is 0 Å². The van der Waals surface area contributed by atoms with Gasteiger partial charge in [-0.25, -0.2) is 0 Å². The molecule has 1 rings (SSSR count). The van der Waals surface area contributed by atoms with Crippen LogP contribution >= 0.6 is 0 Å². The molecule has 0 atom stereocenters. The van der Waals surface area contributed by atoms with Gasteiger partial charge in [0.05, 0.1) is 5.57 Å². The molecule has 2 heteroatoms. The zero-order valence-electron chi connectivity index (χ0n) is 10.7. The minimum absolute atomic E-state index is 0.0246. The number of ketones is 1. The van der Waals surface area contributed by atoms with Gasteiger partial charge in [-0.3, -0.25) is 9.59 Å². The lowest BCUT2D eigenvalue weighted by molar-refractivity contribution is -0.117. The third-order valence-corrected chi connectivity index (χ3v) is 3.19. The lowest BCUT2D eigenvalue weighted by Crippen LogP contribution is -2.08. The van der Waals surface area contributed by atoms with Crippen LogP contribution in [0.2, 0.25) is 0 Å². The van der Waals surface area contributed by atoms with E-state index in [9.17, 15) is 9.59 Å². The van der Waals surface area contributed by atoms with Crippen LogP contribution in [0.4, 0.5) is 0 Å². The molecule has 0 bridgehead atoms. The van der Waals surface area contributed by atoms with Gasteiger partial charge in [0, 0.05) is 6.42 Å². The van der Waals surface area contributed by atoms with Gasteiger partial charge in [-0.2, -0.15) is 0 Å². The molecular formula is C15H22O2. The molecule has 0 radical (unpaired) electrons. The number of unbranched alkanes of at least 4 members (excludes halogenated alkanes) is 5. The van der Waals surface area contributed by atoms with E-state index in [4.69, 9.17) is 0 Å². The maximum atomic E-state index is 11.5. The molecule has 17 heavy (non-hydrogen) atoms. The second-order valence-electron chi connectivity index (χ2n) is 4.68. The van der Waals surface area contributed by atoms with Gasteiger partial charge in [-0.15, -0.1) is 0 Å². The number of carbonyl (C=O) groups excluding carboxylic acids is 2. The molecule has 0 unspecified atom stereocenters. The van der Waals surface area contributed by atoms with Crippen LogP contribution < -0.4 is 0 Å². The van der Waals surface area contributed by atoms with E-state index in [1.54, 1.807) is 6.08 Å². The Morgan fingerprint density at radius 2 is 1.82 bits per heavy atom. The molecule has 1 aliphatic carbocycles. The Kier molecular flexibility index (Phi) is 6.53.